The minimum absolute atomic E-state index is 0.0612. The number of aromatic amines is 3. The van der Waals surface area contributed by atoms with Crippen LogP contribution in [0, 0.1) is 6.92 Å². The molecule has 0 radical (unpaired) electrons. The Hall–Kier alpha value is -12.2. The molecular weight excluding hydrogens is 1140 g/mol. The number of imidazole rings is 3. The van der Waals surface area contributed by atoms with Gasteiger partial charge in [0, 0.05) is 99.6 Å². The normalized spacial score (nSPS) is 10.9. The van der Waals surface area contributed by atoms with Crippen molar-refractivity contribution in [3.63, 3.8) is 0 Å². The smallest absolute Gasteiger partial charge is 0.321 e. The predicted molar refractivity (Wildman–Crippen MR) is 346 cm³/mol. The summed E-state index contributed by atoms with van der Waals surface area (Å²) in [7, 11) is 0. The minimum Gasteiger partial charge on any atom is -0.338 e. The van der Waals surface area contributed by atoms with Gasteiger partial charge in [-0.05, 0) is 140 Å². The lowest BCUT2D eigenvalue weighted by atomic mass is 10.0. The zero-order valence-corrected chi connectivity index (χ0v) is 49.7. The number of fused-ring (bicyclic) bond motifs is 3. The summed E-state index contributed by atoms with van der Waals surface area (Å²) in [5, 5.41) is 29.2. The molecule has 9 heterocycles. The highest BCUT2D eigenvalue weighted by atomic mass is 16.2. The Kier molecular flexibility index (Phi) is 17.9. The molecule has 0 spiro atoms. The summed E-state index contributed by atoms with van der Waals surface area (Å²) in [6.07, 6.45) is 17.9. The summed E-state index contributed by atoms with van der Waals surface area (Å²) in [6, 6.07) is 35.2. The number of rotatable bonds is 15. The number of amides is 6. The number of aromatic nitrogens is 15. The van der Waals surface area contributed by atoms with Crippen molar-refractivity contribution in [3.05, 3.63) is 209 Å². The molecule has 26 nitrogen and oxygen atoms in total. The third kappa shape index (κ3) is 13.7. The number of anilines is 3. The Bertz CT molecular complexity index is 4770. The second-order valence-electron chi connectivity index (χ2n) is 20.4. The van der Waals surface area contributed by atoms with Crippen molar-refractivity contribution in [2.75, 3.05) is 35.6 Å². The summed E-state index contributed by atoms with van der Waals surface area (Å²) < 4.78 is 8.51. The molecule has 4 aromatic carbocycles. The van der Waals surface area contributed by atoms with Gasteiger partial charge in [0.25, 0.3) is 11.1 Å². The lowest BCUT2D eigenvalue weighted by Crippen LogP contribution is -2.28. The van der Waals surface area contributed by atoms with Gasteiger partial charge in [-0.1, -0.05) is 36.4 Å². The van der Waals surface area contributed by atoms with E-state index < -0.39 is 0 Å². The fourth-order valence-electron chi connectivity index (χ4n) is 9.88. The Labute approximate surface area is 513 Å². The monoisotopic (exact) mass is 1210 g/mol. The van der Waals surface area contributed by atoms with E-state index in [2.05, 4.69) is 82.1 Å². The largest absolute Gasteiger partial charge is 0.338 e. The van der Waals surface area contributed by atoms with Crippen LogP contribution >= 0.6 is 0 Å². The number of urea groups is 3. The van der Waals surface area contributed by atoms with Crippen LogP contribution in [-0.4, -0.2) is 111 Å². The highest BCUT2D eigenvalue weighted by Gasteiger charge is 2.19. The molecule has 0 saturated heterocycles. The standard InChI is InChI=1S/C25H23N7O2.C20H21N7O2.C19H19N7O/c1-2-26-25(34)30-24-28-20-13-19(14-21(23(20)29-24)32-11-6-10-27-32)18-9-12-31(22(33)15-18)16-17-7-4-3-5-8-17;1-3-21-20(29)25-19-23-15-10-14(13-6-9-26(4-2)17(28)12-13)11-16(18(15)24-19)27-8-5-7-22-27;1-3-21-19(27)25-18-23-15-7-14(13-5-4-6-20-10-13)8-16(17(15)24-18)26-11-12(2)9-22-26/h3-15H,2,16H2,1H3,(H3,26,28,29,30,34);5-12H,3-4H2,1-2H3,(H3,21,23,24,25,29);4-11H,3H2,1-2H3,(H3,21,23,24,25,27). The zero-order chi connectivity index (χ0) is 62.7. The number of H-pyrrole nitrogens is 3. The van der Waals surface area contributed by atoms with Crippen molar-refractivity contribution >= 4 is 69.0 Å². The fourth-order valence-corrected chi connectivity index (χ4v) is 9.88. The molecule has 9 N–H and O–H groups in total. The maximum Gasteiger partial charge on any atom is 0.321 e. The van der Waals surface area contributed by atoms with E-state index in [1.165, 1.54) is 0 Å². The molecule has 9 aromatic heterocycles. The fraction of sp³-hybridized carbons (Fsp3) is 0.156. The van der Waals surface area contributed by atoms with Crippen LogP contribution in [0.15, 0.2) is 187 Å². The van der Waals surface area contributed by atoms with E-state index in [4.69, 9.17) is 0 Å². The van der Waals surface area contributed by atoms with Crippen molar-refractivity contribution in [3.8, 4) is 50.4 Å². The Morgan fingerprint density at radius 1 is 0.456 bits per heavy atom. The van der Waals surface area contributed by atoms with Gasteiger partial charge in [-0.3, -0.25) is 30.5 Å². The van der Waals surface area contributed by atoms with Crippen molar-refractivity contribution in [2.24, 2.45) is 0 Å². The number of carbonyl (C=O) groups excluding carboxylic acids is 3. The van der Waals surface area contributed by atoms with Gasteiger partial charge in [0.2, 0.25) is 17.8 Å². The number of hydrogen-bond donors (Lipinski definition) is 9. The zero-order valence-electron chi connectivity index (χ0n) is 49.7. The van der Waals surface area contributed by atoms with Crippen molar-refractivity contribution in [2.45, 2.75) is 47.7 Å². The predicted octanol–water partition coefficient (Wildman–Crippen LogP) is 9.77. The average molecular weight is 1210 g/mol. The molecule has 0 aliphatic carbocycles. The number of nitrogens with one attached hydrogen (secondary N) is 9. The third-order valence-electron chi connectivity index (χ3n) is 14.1. The second-order valence-corrected chi connectivity index (χ2v) is 20.4. The molecule has 0 saturated carbocycles. The van der Waals surface area contributed by atoms with E-state index in [9.17, 15) is 24.0 Å². The van der Waals surface area contributed by atoms with E-state index in [1.54, 1.807) is 72.5 Å². The van der Waals surface area contributed by atoms with Gasteiger partial charge in [0.1, 0.15) is 16.6 Å². The molecule has 26 heteroatoms. The maximum atomic E-state index is 12.9. The van der Waals surface area contributed by atoms with Crippen molar-refractivity contribution in [1.82, 2.24) is 89.3 Å². The van der Waals surface area contributed by atoms with Crippen LogP contribution in [0.2, 0.25) is 0 Å². The molecule has 13 aromatic rings. The topological polar surface area (TPSA) is 320 Å². The number of nitrogens with zero attached hydrogens (tertiary/aromatic N) is 12. The third-order valence-corrected chi connectivity index (χ3v) is 14.1. The summed E-state index contributed by atoms with van der Waals surface area (Å²) >= 11 is 0. The first-order valence-electron chi connectivity index (χ1n) is 29.0. The van der Waals surface area contributed by atoms with Gasteiger partial charge in [0.05, 0.1) is 46.4 Å². The highest BCUT2D eigenvalue weighted by Crippen LogP contribution is 2.33. The molecule has 0 unspecified atom stereocenters. The van der Waals surface area contributed by atoms with Gasteiger partial charge in [0.15, 0.2) is 0 Å². The summed E-state index contributed by atoms with van der Waals surface area (Å²) in [6.45, 7) is 12.1. The number of carbonyl (C=O) groups is 3. The van der Waals surface area contributed by atoms with Gasteiger partial charge in [-0.25, -0.2) is 43.4 Å². The van der Waals surface area contributed by atoms with Crippen LogP contribution in [0.4, 0.5) is 32.2 Å². The van der Waals surface area contributed by atoms with E-state index >= 15 is 0 Å². The van der Waals surface area contributed by atoms with Crippen LogP contribution in [0.25, 0.3) is 83.5 Å². The average Bonchev–Trinajstić information content (AvgIpc) is 3.66. The summed E-state index contributed by atoms with van der Waals surface area (Å²) in [4.78, 5) is 88.0. The number of benzene rings is 4. The van der Waals surface area contributed by atoms with Crippen LogP contribution in [-0.2, 0) is 13.1 Å². The molecule has 13 rings (SSSR count). The Morgan fingerprint density at radius 3 is 1.32 bits per heavy atom. The van der Waals surface area contributed by atoms with Crippen molar-refractivity contribution < 1.29 is 14.4 Å². The molecule has 454 valence electrons. The van der Waals surface area contributed by atoms with Gasteiger partial charge in [-0.15, -0.1) is 0 Å². The molecule has 0 fully saturated rings. The quantitative estimate of drug-likeness (QED) is 0.0463. The van der Waals surface area contributed by atoms with Crippen LogP contribution in [0.5, 0.6) is 0 Å². The van der Waals surface area contributed by atoms with Gasteiger partial charge in [-0.2, -0.15) is 15.3 Å². The van der Waals surface area contributed by atoms with Crippen LogP contribution < -0.4 is 43.0 Å². The maximum absolute atomic E-state index is 12.9. The lowest BCUT2D eigenvalue weighted by molar-refractivity contribution is 0.251. The van der Waals surface area contributed by atoms with Crippen LogP contribution in [0.1, 0.15) is 38.8 Å². The first kappa shape index (κ1) is 59.5. The first-order valence-corrected chi connectivity index (χ1v) is 29.0. The highest BCUT2D eigenvalue weighted by molar-refractivity contribution is 5.97. The molecule has 0 atom stereocenters. The molecule has 0 aliphatic rings. The molecule has 0 bridgehead atoms. The number of pyridine rings is 3. The van der Waals surface area contributed by atoms with E-state index in [1.807, 2.05) is 163 Å². The first-order chi connectivity index (χ1) is 43.8. The van der Waals surface area contributed by atoms with Crippen molar-refractivity contribution in [1.29, 1.82) is 0 Å². The molecule has 90 heavy (non-hydrogen) atoms. The number of aryl methyl sites for hydroxylation is 2. The molecule has 0 aliphatic heterocycles. The molecular formula is C64H63N21O5. The van der Waals surface area contributed by atoms with Crippen LogP contribution in [0.3, 0.4) is 0 Å². The molecule has 6 amide bonds. The summed E-state index contributed by atoms with van der Waals surface area (Å²) in [5.74, 6) is 1.03. The lowest BCUT2D eigenvalue weighted by Gasteiger charge is -2.10. The Morgan fingerprint density at radius 2 is 0.922 bits per heavy atom. The van der Waals surface area contributed by atoms with Gasteiger partial charge >= 0.3 is 18.1 Å². The SMILES string of the molecule is CCNC(=O)Nc1nc2c(-n3cc(C)cn3)cc(-c3cccnc3)cc2[nH]1.CCNC(=O)Nc1nc2c(-n3cccn3)cc(-c3ccn(CC)c(=O)c3)cc2[nH]1.CCNC(=O)Nc1nc2c(-n3cccn3)cc(-c3ccn(Cc4ccccc4)c(=O)c3)cc2[nH]1. The second kappa shape index (κ2) is 27.0. The van der Waals surface area contributed by atoms with E-state index in [-0.39, 0.29) is 29.2 Å². The number of hydrogen-bond acceptors (Lipinski definition) is 12. The summed E-state index contributed by atoms with van der Waals surface area (Å²) in [5.41, 5.74) is 13.7. The minimum atomic E-state index is -0.343. The van der Waals surface area contributed by atoms with Gasteiger partial charge < -0.3 is 40.0 Å². The Balaban J connectivity index is 0.000000140. The van der Waals surface area contributed by atoms with E-state index in [0.717, 1.165) is 78.1 Å². The van der Waals surface area contributed by atoms with E-state index in [0.29, 0.717) is 67.1 Å².